The zero-order valence-corrected chi connectivity index (χ0v) is 17.4. The van der Waals surface area contributed by atoms with E-state index in [9.17, 15) is 0 Å². The van der Waals surface area contributed by atoms with Crippen LogP contribution in [0, 0.1) is 13.8 Å². The third-order valence-corrected chi connectivity index (χ3v) is 5.71. The number of aryl methyl sites for hydroxylation is 2. The fraction of sp³-hybridized carbons (Fsp3) is 0.120. The summed E-state index contributed by atoms with van der Waals surface area (Å²) in [6.45, 7) is 4.27. The molecule has 1 aromatic heterocycles. The van der Waals surface area contributed by atoms with Gasteiger partial charge in [0.2, 0.25) is 0 Å². The maximum absolute atomic E-state index is 4.52. The van der Waals surface area contributed by atoms with Crippen LogP contribution in [0.5, 0.6) is 0 Å². The van der Waals surface area contributed by atoms with E-state index in [0.29, 0.717) is 0 Å². The minimum Gasteiger partial charge on any atom is -0.270 e. The number of hydrogen-bond acceptors (Lipinski definition) is 3. The molecule has 0 atom stereocenters. The standard InChI is InChI=1S/C25H23N3S/c1-19-15-16-23(18-20(19)2)28-24(22-13-7-4-8-14-22)26-27-25(28)29-17-9-12-21-10-5-3-6-11-21/h3-16,18H,17H2,1-2H3/b12-9+. The second-order valence-electron chi connectivity index (χ2n) is 6.90. The SMILES string of the molecule is Cc1ccc(-n2c(SC/C=C/c3ccccc3)nnc2-c2ccccc2)cc1C. The molecule has 1 heterocycles. The van der Waals surface area contributed by atoms with Crippen LogP contribution in [0.15, 0.2) is 90.1 Å². The quantitative estimate of drug-likeness (QED) is 0.355. The van der Waals surface area contributed by atoms with Gasteiger partial charge in [0.05, 0.1) is 5.69 Å². The van der Waals surface area contributed by atoms with Crippen LogP contribution >= 0.6 is 11.8 Å². The van der Waals surface area contributed by atoms with Crippen LogP contribution in [-0.2, 0) is 0 Å². The fourth-order valence-electron chi connectivity index (χ4n) is 3.11. The van der Waals surface area contributed by atoms with Gasteiger partial charge in [-0.2, -0.15) is 0 Å². The average Bonchev–Trinajstić information content (AvgIpc) is 3.18. The van der Waals surface area contributed by atoms with E-state index in [1.54, 1.807) is 11.8 Å². The Morgan fingerprint density at radius 1 is 0.828 bits per heavy atom. The van der Waals surface area contributed by atoms with Crippen molar-refractivity contribution in [3.8, 4) is 17.1 Å². The first-order valence-corrected chi connectivity index (χ1v) is 10.6. The number of rotatable bonds is 6. The van der Waals surface area contributed by atoms with Crippen LogP contribution in [0.1, 0.15) is 16.7 Å². The van der Waals surface area contributed by atoms with Crippen molar-refractivity contribution < 1.29 is 0 Å². The second-order valence-corrected chi connectivity index (χ2v) is 7.89. The molecule has 0 spiro atoms. The van der Waals surface area contributed by atoms with Crippen molar-refractivity contribution in [1.82, 2.24) is 14.8 Å². The van der Waals surface area contributed by atoms with E-state index >= 15 is 0 Å². The van der Waals surface area contributed by atoms with Crippen molar-refractivity contribution in [2.24, 2.45) is 0 Å². The van der Waals surface area contributed by atoms with E-state index in [0.717, 1.165) is 28.0 Å². The van der Waals surface area contributed by atoms with Gasteiger partial charge in [-0.15, -0.1) is 10.2 Å². The van der Waals surface area contributed by atoms with Gasteiger partial charge in [0, 0.05) is 11.3 Å². The van der Waals surface area contributed by atoms with E-state index < -0.39 is 0 Å². The summed E-state index contributed by atoms with van der Waals surface area (Å²) < 4.78 is 2.16. The Bertz CT molecular complexity index is 1120. The van der Waals surface area contributed by atoms with Gasteiger partial charge >= 0.3 is 0 Å². The summed E-state index contributed by atoms with van der Waals surface area (Å²) in [6, 6.07) is 27.1. The van der Waals surface area contributed by atoms with E-state index in [-0.39, 0.29) is 0 Å². The van der Waals surface area contributed by atoms with Gasteiger partial charge in [0.1, 0.15) is 0 Å². The maximum Gasteiger partial charge on any atom is 0.196 e. The van der Waals surface area contributed by atoms with Crippen LogP contribution in [0.2, 0.25) is 0 Å². The number of aromatic nitrogens is 3. The number of thioether (sulfide) groups is 1. The summed E-state index contributed by atoms with van der Waals surface area (Å²) in [6.07, 6.45) is 4.31. The van der Waals surface area contributed by atoms with Gasteiger partial charge in [-0.3, -0.25) is 4.57 Å². The average molecular weight is 398 g/mol. The van der Waals surface area contributed by atoms with E-state index in [2.05, 4.69) is 95.4 Å². The van der Waals surface area contributed by atoms with Crippen LogP contribution in [0.25, 0.3) is 23.2 Å². The van der Waals surface area contributed by atoms with Crippen LogP contribution in [0.3, 0.4) is 0 Å². The normalized spacial score (nSPS) is 11.2. The molecule has 0 aliphatic rings. The summed E-state index contributed by atoms with van der Waals surface area (Å²) >= 11 is 1.69. The molecular weight excluding hydrogens is 374 g/mol. The largest absolute Gasteiger partial charge is 0.270 e. The zero-order valence-electron chi connectivity index (χ0n) is 16.6. The lowest BCUT2D eigenvalue weighted by Gasteiger charge is -2.12. The molecule has 0 unspecified atom stereocenters. The Morgan fingerprint density at radius 2 is 1.55 bits per heavy atom. The van der Waals surface area contributed by atoms with Gasteiger partial charge in [0.25, 0.3) is 0 Å². The minimum atomic E-state index is 0.826. The lowest BCUT2D eigenvalue weighted by molar-refractivity contribution is 0.886. The lowest BCUT2D eigenvalue weighted by Crippen LogP contribution is -2.00. The molecule has 0 saturated heterocycles. The summed E-state index contributed by atoms with van der Waals surface area (Å²) in [5.41, 5.74) is 5.89. The van der Waals surface area contributed by atoms with E-state index in [1.807, 2.05) is 24.3 Å². The first-order chi connectivity index (χ1) is 14.2. The molecule has 4 heteroatoms. The third-order valence-electron chi connectivity index (χ3n) is 4.83. The van der Waals surface area contributed by atoms with Gasteiger partial charge in [-0.1, -0.05) is 90.6 Å². The summed E-state index contributed by atoms with van der Waals surface area (Å²) in [5.74, 6) is 1.69. The highest BCUT2D eigenvalue weighted by atomic mass is 32.2. The molecule has 0 aliphatic carbocycles. The van der Waals surface area contributed by atoms with Gasteiger partial charge in [-0.25, -0.2) is 0 Å². The van der Waals surface area contributed by atoms with Crippen molar-refractivity contribution >= 4 is 17.8 Å². The van der Waals surface area contributed by atoms with Crippen LogP contribution in [-0.4, -0.2) is 20.5 Å². The third kappa shape index (κ3) is 4.49. The Kier molecular flexibility index (Phi) is 5.92. The predicted molar refractivity (Wildman–Crippen MR) is 122 cm³/mol. The molecule has 4 aromatic rings. The highest BCUT2D eigenvalue weighted by molar-refractivity contribution is 7.99. The first kappa shape index (κ1) is 19.2. The first-order valence-electron chi connectivity index (χ1n) is 9.65. The number of benzene rings is 3. The van der Waals surface area contributed by atoms with Crippen molar-refractivity contribution in [2.45, 2.75) is 19.0 Å². The molecule has 0 amide bonds. The molecule has 4 rings (SSSR count). The highest BCUT2D eigenvalue weighted by Gasteiger charge is 2.16. The summed E-state index contributed by atoms with van der Waals surface area (Å²) in [4.78, 5) is 0. The fourth-order valence-corrected chi connectivity index (χ4v) is 3.87. The highest BCUT2D eigenvalue weighted by Crippen LogP contribution is 2.29. The molecule has 3 aromatic carbocycles. The van der Waals surface area contributed by atoms with Crippen molar-refractivity contribution in [3.63, 3.8) is 0 Å². The maximum atomic E-state index is 4.52. The lowest BCUT2D eigenvalue weighted by atomic mass is 10.1. The molecule has 29 heavy (non-hydrogen) atoms. The predicted octanol–water partition coefficient (Wildman–Crippen LogP) is 6.36. The minimum absolute atomic E-state index is 0.826. The second kappa shape index (κ2) is 8.93. The van der Waals surface area contributed by atoms with Gasteiger partial charge in [-0.05, 0) is 42.7 Å². The van der Waals surface area contributed by atoms with E-state index in [4.69, 9.17) is 0 Å². The van der Waals surface area contributed by atoms with E-state index in [1.165, 1.54) is 16.7 Å². The number of nitrogens with zero attached hydrogens (tertiary/aromatic N) is 3. The Morgan fingerprint density at radius 3 is 2.28 bits per heavy atom. The van der Waals surface area contributed by atoms with Gasteiger partial charge in [0.15, 0.2) is 11.0 Å². The molecule has 0 aliphatic heterocycles. The van der Waals surface area contributed by atoms with Gasteiger partial charge < -0.3 is 0 Å². The van der Waals surface area contributed by atoms with Crippen LogP contribution in [0.4, 0.5) is 0 Å². The molecule has 0 bridgehead atoms. The van der Waals surface area contributed by atoms with Crippen molar-refractivity contribution in [2.75, 3.05) is 5.75 Å². The Balaban J connectivity index is 1.65. The zero-order chi connectivity index (χ0) is 20.1. The molecule has 144 valence electrons. The molecule has 0 radical (unpaired) electrons. The smallest absolute Gasteiger partial charge is 0.196 e. The molecule has 3 nitrogen and oxygen atoms in total. The summed E-state index contributed by atoms with van der Waals surface area (Å²) in [7, 11) is 0. The molecule has 0 saturated carbocycles. The van der Waals surface area contributed by atoms with Crippen LogP contribution < -0.4 is 0 Å². The monoisotopic (exact) mass is 397 g/mol. The van der Waals surface area contributed by atoms with Crippen molar-refractivity contribution in [1.29, 1.82) is 0 Å². The molecule has 0 N–H and O–H groups in total. The molecular formula is C25H23N3S. The van der Waals surface area contributed by atoms with Crippen molar-refractivity contribution in [3.05, 3.63) is 102 Å². The topological polar surface area (TPSA) is 30.7 Å². The molecule has 0 fully saturated rings. The Hall–Kier alpha value is -3.11. The summed E-state index contributed by atoms with van der Waals surface area (Å²) in [5, 5.41) is 9.92. The number of hydrogen-bond donors (Lipinski definition) is 0. The Labute approximate surface area is 176 Å².